The van der Waals surface area contributed by atoms with Gasteiger partial charge < -0.3 is 9.15 Å². The number of hydrogen-bond donors (Lipinski definition) is 0. The largest absolute Gasteiger partial charge is 0.491 e. The highest BCUT2D eigenvalue weighted by atomic mass is 32.2. The molecule has 3 aromatic carbocycles. The molecule has 0 spiro atoms. The summed E-state index contributed by atoms with van der Waals surface area (Å²) in [5.41, 5.74) is 4.27. The number of nitrogens with zero attached hydrogens (tertiary/aromatic N) is 1. The maximum absolute atomic E-state index is 13.6. The van der Waals surface area contributed by atoms with E-state index >= 15 is 0 Å². The highest BCUT2D eigenvalue weighted by Crippen LogP contribution is 2.54. The van der Waals surface area contributed by atoms with Gasteiger partial charge in [0.25, 0.3) is 0 Å². The second-order valence-corrected chi connectivity index (χ2v) is 9.56. The van der Waals surface area contributed by atoms with Gasteiger partial charge in [0.05, 0.1) is 22.9 Å². The third-order valence-electron chi connectivity index (χ3n) is 5.93. The Morgan fingerprint density at radius 3 is 2.63 bits per heavy atom. The first-order valence-electron chi connectivity index (χ1n) is 9.98. The Hall–Kier alpha value is -3.25. The molecule has 2 aliphatic heterocycles. The van der Waals surface area contributed by atoms with Gasteiger partial charge in [-0.2, -0.15) is 0 Å². The fourth-order valence-corrected chi connectivity index (χ4v) is 6.26. The van der Waals surface area contributed by atoms with E-state index in [4.69, 9.17) is 9.15 Å². The summed E-state index contributed by atoms with van der Waals surface area (Å²) in [6, 6.07) is 18.4. The Morgan fingerprint density at radius 1 is 0.933 bits per heavy atom. The van der Waals surface area contributed by atoms with Gasteiger partial charge in [-0.05, 0) is 61.2 Å². The third-order valence-corrected chi connectivity index (χ3v) is 7.79. The highest BCUT2D eigenvalue weighted by molar-refractivity contribution is 7.92. The van der Waals surface area contributed by atoms with Crippen molar-refractivity contribution in [1.82, 2.24) is 0 Å². The summed E-state index contributed by atoms with van der Waals surface area (Å²) < 4.78 is 39.4. The molecule has 2 aliphatic rings. The van der Waals surface area contributed by atoms with Crippen LogP contribution in [0.15, 0.2) is 74.9 Å². The molecule has 0 amide bonds. The standard InChI is InChI=1S/C24H19NO4S/c1-15-12-13-19(22-16(15)8-6-14-28-22)25-18-9-3-5-11-21(18)30(26,27)23-17-7-2-4-10-20(17)29-24(23)25/h2-5,7,9-13H,6,8,14H2,1H3. The van der Waals surface area contributed by atoms with Gasteiger partial charge in [0.15, 0.2) is 0 Å². The smallest absolute Gasteiger partial charge is 0.225 e. The summed E-state index contributed by atoms with van der Waals surface area (Å²) in [5, 5.41) is 0.592. The maximum Gasteiger partial charge on any atom is 0.225 e. The average Bonchev–Trinajstić information content (AvgIpc) is 3.16. The minimum Gasteiger partial charge on any atom is -0.491 e. The molecule has 0 bridgehead atoms. The van der Waals surface area contributed by atoms with Crippen LogP contribution in [0, 0.1) is 6.92 Å². The van der Waals surface area contributed by atoms with Crippen LogP contribution in [0.3, 0.4) is 0 Å². The number of aryl methyl sites for hydroxylation is 1. The van der Waals surface area contributed by atoms with Crippen LogP contribution in [0.25, 0.3) is 11.0 Å². The molecular weight excluding hydrogens is 398 g/mol. The Morgan fingerprint density at radius 2 is 1.73 bits per heavy atom. The Bertz CT molecular complexity index is 1440. The number of fused-ring (bicyclic) bond motifs is 5. The molecule has 0 atom stereocenters. The first kappa shape index (κ1) is 17.6. The predicted molar refractivity (Wildman–Crippen MR) is 115 cm³/mol. The molecule has 0 N–H and O–H groups in total. The lowest BCUT2D eigenvalue weighted by molar-refractivity contribution is 0.288. The summed E-state index contributed by atoms with van der Waals surface area (Å²) in [4.78, 5) is 2.38. The van der Waals surface area contributed by atoms with Crippen molar-refractivity contribution in [1.29, 1.82) is 0 Å². The molecule has 5 nitrogen and oxygen atoms in total. The maximum atomic E-state index is 13.6. The van der Waals surface area contributed by atoms with Gasteiger partial charge >= 0.3 is 0 Å². The second kappa shape index (κ2) is 6.12. The van der Waals surface area contributed by atoms with Crippen molar-refractivity contribution in [2.45, 2.75) is 29.6 Å². The number of rotatable bonds is 1. The van der Waals surface area contributed by atoms with Crippen molar-refractivity contribution in [3.05, 3.63) is 71.8 Å². The summed E-state index contributed by atoms with van der Waals surface area (Å²) in [6.45, 7) is 2.72. The first-order valence-corrected chi connectivity index (χ1v) is 11.5. The van der Waals surface area contributed by atoms with Gasteiger partial charge in [0.2, 0.25) is 15.7 Å². The van der Waals surface area contributed by atoms with E-state index in [-0.39, 0.29) is 9.79 Å². The molecule has 6 rings (SSSR count). The van der Waals surface area contributed by atoms with Gasteiger partial charge in [-0.1, -0.05) is 30.3 Å². The lowest BCUT2D eigenvalue weighted by atomic mass is 9.99. The van der Waals surface area contributed by atoms with E-state index in [1.165, 1.54) is 11.1 Å². The van der Waals surface area contributed by atoms with Gasteiger partial charge in [-0.3, -0.25) is 4.90 Å². The zero-order valence-electron chi connectivity index (χ0n) is 16.4. The van der Waals surface area contributed by atoms with Crippen LogP contribution >= 0.6 is 0 Å². The number of anilines is 3. The predicted octanol–water partition coefficient (Wildman–Crippen LogP) is 5.68. The lowest BCUT2D eigenvalue weighted by Crippen LogP contribution is -2.23. The lowest BCUT2D eigenvalue weighted by Gasteiger charge is -2.32. The normalized spacial score (nSPS) is 16.5. The van der Waals surface area contributed by atoms with Gasteiger partial charge in [0.1, 0.15) is 16.2 Å². The zero-order chi connectivity index (χ0) is 20.5. The fourth-order valence-electron chi connectivity index (χ4n) is 4.53. The number of hydrogen-bond acceptors (Lipinski definition) is 5. The molecular formula is C24H19NO4S. The first-order chi connectivity index (χ1) is 14.6. The van der Waals surface area contributed by atoms with E-state index in [0.29, 0.717) is 29.1 Å². The molecule has 0 aliphatic carbocycles. The quantitative estimate of drug-likeness (QED) is 0.351. The fraction of sp³-hybridized carbons (Fsp3) is 0.167. The van der Waals surface area contributed by atoms with Gasteiger partial charge in [0, 0.05) is 5.39 Å². The molecule has 6 heteroatoms. The van der Waals surface area contributed by atoms with Crippen LogP contribution in [0.2, 0.25) is 0 Å². The molecule has 150 valence electrons. The minimum absolute atomic E-state index is 0.210. The average molecular weight is 417 g/mol. The van der Waals surface area contributed by atoms with E-state index in [1.54, 1.807) is 24.3 Å². The molecule has 0 unspecified atom stereocenters. The molecule has 0 saturated carbocycles. The highest BCUT2D eigenvalue weighted by Gasteiger charge is 2.41. The van der Waals surface area contributed by atoms with Crippen molar-refractivity contribution in [3.63, 3.8) is 0 Å². The van der Waals surface area contributed by atoms with E-state index in [0.717, 1.165) is 24.3 Å². The molecule has 1 aromatic heterocycles. The second-order valence-electron chi connectivity index (χ2n) is 7.70. The zero-order valence-corrected chi connectivity index (χ0v) is 17.2. The molecule has 30 heavy (non-hydrogen) atoms. The van der Waals surface area contributed by atoms with Gasteiger partial charge in [-0.25, -0.2) is 8.42 Å². The van der Waals surface area contributed by atoms with E-state index < -0.39 is 9.84 Å². The third kappa shape index (κ3) is 2.25. The number of furan rings is 1. The van der Waals surface area contributed by atoms with Crippen LogP contribution in [-0.4, -0.2) is 15.0 Å². The van der Waals surface area contributed by atoms with Crippen LogP contribution in [0.4, 0.5) is 17.3 Å². The Kier molecular flexibility index (Phi) is 3.59. The summed E-state index contributed by atoms with van der Waals surface area (Å²) in [5.74, 6) is 1.12. The van der Waals surface area contributed by atoms with Crippen molar-refractivity contribution >= 4 is 38.1 Å². The number of sulfone groups is 1. The number of para-hydroxylation sites is 2. The van der Waals surface area contributed by atoms with Gasteiger partial charge in [-0.15, -0.1) is 0 Å². The SMILES string of the molecule is Cc1ccc(N2c3ccccc3S(=O)(=O)c3c2oc2ccccc32)c2c1CCCO2. The number of ether oxygens (including phenoxy) is 1. The Labute approximate surface area is 174 Å². The van der Waals surface area contributed by atoms with Crippen molar-refractivity contribution < 1.29 is 17.6 Å². The monoisotopic (exact) mass is 417 g/mol. The minimum atomic E-state index is -3.73. The molecule has 3 heterocycles. The molecule has 0 saturated heterocycles. The van der Waals surface area contributed by atoms with Crippen LogP contribution < -0.4 is 9.64 Å². The van der Waals surface area contributed by atoms with Crippen LogP contribution in [0.5, 0.6) is 5.75 Å². The molecule has 4 aromatic rings. The van der Waals surface area contributed by atoms with Crippen molar-refractivity contribution in [2.75, 3.05) is 11.5 Å². The topological polar surface area (TPSA) is 59.8 Å². The van der Waals surface area contributed by atoms with E-state index in [1.807, 2.05) is 35.2 Å². The molecule has 0 radical (unpaired) electrons. The summed E-state index contributed by atoms with van der Waals surface area (Å²) >= 11 is 0. The summed E-state index contributed by atoms with van der Waals surface area (Å²) in [7, 11) is -3.73. The van der Waals surface area contributed by atoms with Crippen molar-refractivity contribution in [3.8, 4) is 5.75 Å². The number of benzene rings is 3. The molecule has 0 fully saturated rings. The van der Waals surface area contributed by atoms with E-state index in [2.05, 4.69) is 13.0 Å². The summed E-state index contributed by atoms with van der Waals surface area (Å²) in [6.07, 6.45) is 1.91. The van der Waals surface area contributed by atoms with Crippen LogP contribution in [-0.2, 0) is 16.3 Å². The van der Waals surface area contributed by atoms with Crippen molar-refractivity contribution in [2.24, 2.45) is 0 Å². The Balaban J connectivity index is 1.74. The van der Waals surface area contributed by atoms with Crippen LogP contribution in [0.1, 0.15) is 17.5 Å². The van der Waals surface area contributed by atoms with E-state index in [9.17, 15) is 8.42 Å².